The number of aromatic amines is 1. The summed E-state index contributed by atoms with van der Waals surface area (Å²) in [6.45, 7) is 0.643. The molecule has 1 saturated carbocycles. The number of aromatic nitrogens is 5. The van der Waals surface area contributed by atoms with Gasteiger partial charge in [0.25, 0.3) is 5.91 Å². The number of hydrogen-bond acceptors (Lipinski definition) is 5. The number of nitrogens with zero attached hydrogens (tertiary/aromatic N) is 5. The van der Waals surface area contributed by atoms with Crippen molar-refractivity contribution in [2.24, 2.45) is 7.05 Å². The molecule has 2 N–H and O–H groups in total. The standard InChI is InChI=1S/C16H22FN7O/c1-23(16(25)14-11(9-3-4-9)7-19-24(14)2)8-13-20-15(22-21-13)12-5-10(17)6-18-12/h7,9-10,12,18H,3-6,8H2,1-2H3,(H,20,21,22)/t10-,12+/m0/s1. The van der Waals surface area contributed by atoms with Crippen LogP contribution in [0.15, 0.2) is 6.20 Å². The summed E-state index contributed by atoms with van der Waals surface area (Å²) < 4.78 is 14.9. The van der Waals surface area contributed by atoms with Gasteiger partial charge in [-0.05, 0) is 18.8 Å². The average Bonchev–Trinajstić information content (AvgIpc) is 2.98. The third-order valence-corrected chi connectivity index (χ3v) is 4.86. The highest BCUT2D eigenvalue weighted by atomic mass is 19.1. The summed E-state index contributed by atoms with van der Waals surface area (Å²) in [6, 6.07) is -0.167. The zero-order valence-electron chi connectivity index (χ0n) is 14.4. The third kappa shape index (κ3) is 3.15. The van der Waals surface area contributed by atoms with Crippen LogP contribution in [0, 0.1) is 0 Å². The van der Waals surface area contributed by atoms with Crippen molar-refractivity contribution < 1.29 is 9.18 Å². The van der Waals surface area contributed by atoms with E-state index in [9.17, 15) is 9.18 Å². The van der Waals surface area contributed by atoms with Crippen LogP contribution >= 0.6 is 0 Å². The summed E-state index contributed by atoms with van der Waals surface area (Å²) in [6.07, 6.45) is 3.55. The Bertz CT molecular complexity index is 781. The number of H-pyrrole nitrogens is 1. The topological polar surface area (TPSA) is 91.7 Å². The van der Waals surface area contributed by atoms with Crippen molar-refractivity contribution in [3.63, 3.8) is 0 Å². The van der Waals surface area contributed by atoms with Crippen molar-refractivity contribution in [2.75, 3.05) is 13.6 Å². The maximum absolute atomic E-state index is 13.3. The zero-order valence-corrected chi connectivity index (χ0v) is 14.4. The maximum Gasteiger partial charge on any atom is 0.272 e. The molecule has 25 heavy (non-hydrogen) atoms. The third-order valence-electron chi connectivity index (χ3n) is 4.86. The minimum absolute atomic E-state index is 0.0809. The van der Waals surface area contributed by atoms with E-state index in [1.807, 2.05) is 0 Å². The Morgan fingerprint density at radius 3 is 2.96 bits per heavy atom. The van der Waals surface area contributed by atoms with E-state index >= 15 is 0 Å². The quantitative estimate of drug-likeness (QED) is 0.844. The summed E-state index contributed by atoms with van der Waals surface area (Å²) in [5, 5.41) is 14.3. The molecule has 0 bridgehead atoms. The lowest BCUT2D eigenvalue weighted by molar-refractivity contribution is 0.0769. The van der Waals surface area contributed by atoms with Crippen molar-refractivity contribution in [3.05, 3.63) is 29.1 Å². The summed E-state index contributed by atoms with van der Waals surface area (Å²) in [4.78, 5) is 18.8. The first-order valence-corrected chi connectivity index (χ1v) is 8.59. The molecule has 3 heterocycles. The van der Waals surface area contributed by atoms with Crippen LogP contribution in [0.5, 0.6) is 0 Å². The Hall–Kier alpha value is -2.29. The van der Waals surface area contributed by atoms with Gasteiger partial charge >= 0.3 is 0 Å². The summed E-state index contributed by atoms with van der Waals surface area (Å²) in [5.74, 6) is 1.52. The number of nitrogens with one attached hydrogen (secondary N) is 2. The van der Waals surface area contributed by atoms with Crippen LogP contribution in [-0.2, 0) is 13.6 Å². The Morgan fingerprint density at radius 2 is 2.28 bits per heavy atom. The Kier molecular flexibility index (Phi) is 4.03. The van der Waals surface area contributed by atoms with Crippen LogP contribution in [0.2, 0.25) is 0 Å². The molecule has 0 aromatic carbocycles. The van der Waals surface area contributed by atoms with E-state index in [0.29, 0.717) is 42.8 Å². The molecule has 1 saturated heterocycles. The molecule has 0 spiro atoms. The van der Waals surface area contributed by atoms with E-state index in [2.05, 4.69) is 25.6 Å². The van der Waals surface area contributed by atoms with Gasteiger partial charge in [0.15, 0.2) is 5.82 Å². The number of amides is 1. The van der Waals surface area contributed by atoms with E-state index in [1.54, 1.807) is 29.9 Å². The number of hydrogen-bond donors (Lipinski definition) is 2. The van der Waals surface area contributed by atoms with E-state index < -0.39 is 6.17 Å². The van der Waals surface area contributed by atoms with Crippen LogP contribution in [0.25, 0.3) is 0 Å². The highest BCUT2D eigenvalue weighted by molar-refractivity contribution is 5.94. The normalized spacial score (nSPS) is 23.2. The molecule has 4 rings (SSSR count). The van der Waals surface area contributed by atoms with Crippen molar-refractivity contribution in [1.82, 2.24) is 35.2 Å². The van der Waals surface area contributed by atoms with Gasteiger partial charge in [-0.15, -0.1) is 0 Å². The molecular weight excluding hydrogens is 325 g/mol. The fraction of sp³-hybridized carbons (Fsp3) is 0.625. The predicted molar refractivity (Wildman–Crippen MR) is 87.6 cm³/mol. The molecule has 1 amide bonds. The lowest BCUT2D eigenvalue weighted by atomic mass is 10.1. The van der Waals surface area contributed by atoms with Gasteiger partial charge in [-0.1, -0.05) is 0 Å². The van der Waals surface area contributed by atoms with Crippen LogP contribution in [-0.4, -0.2) is 55.5 Å². The predicted octanol–water partition coefficient (Wildman–Crippen LogP) is 1.06. The minimum Gasteiger partial charge on any atom is -0.333 e. The molecule has 0 radical (unpaired) electrons. The second-order valence-corrected chi connectivity index (χ2v) is 6.94. The molecule has 2 atom stereocenters. The Labute approximate surface area is 144 Å². The first kappa shape index (κ1) is 16.2. The van der Waals surface area contributed by atoms with Crippen LogP contribution in [0.3, 0.4) is 0 Å². The van der Waals surface area contributed by atoms with Crippen LogP contribution in [0.4, 0.5) is 4.39 Å². The monoisotopic (exact) mass is 347 g/mol. The highest BCUT2D eigenvalue weighted by Crippen LogP contribution is 2.41. The number of alkyl halides is 1. The van der Waals surface area contributed by atoms with Gasteiger partial charge in [0.2, 0.25) is 0 Å². The van der Waals surface area contributed by atoms with Crippen molar-refractivity contribution in [1.29, 1.82) is 0 Å². The molecule has 9 heteroatoms. The maximum atomic E-state index is 13.3. The molecule has 1 aliphatic heterocycles. The number of rotatable bonds is 5. The average molecular weight is 347 g/mol. The highest BCUT2D eigenvalue weighted by Gasteiger charge is 2.32. The fourth-order valence-corrected chi connectivity index (χ4v) is 3.31. The van der Waals surface area contributed by atoms with Crippen molar-refractivity contribution in [2.45, 2.75) is 43.9 Å². The molecule has 134 valence electrons. The van der Waals surface area contributed by atoms with Gasteiger partial charge in [-0.3, -0.25) is 14.6 Å². The largest absolute Gasteiger partial charge is 0.333 e. The summed E-state index contributed by atoms with van der Waals surface area (Å²) in [5.41, 5.74) is 1.67. The molecule has 2 fully saturated rings. The lowest BCUT2D eigenvalue weighted by Gasteiger charge is -2.16. The zero-order chi connectivity index (χ0) is 17.6. The van der Waals surface area contributed by atoms with Gasteiger partial charge in [0.05, 0.1) is 18.8 Å². The smallest absolute Gasteiger partial charge is 0.272 e. The van der Waals surface area contributed by atoms with Gasteiger partial charge in [-0.25, -0.2) is 9.37 Å². The molecule has 0 unspecified atom stereocenters. The number of carbonyl (C=O) groups is 1. The Balaban J connectivity index is 1.45. The molecule has 1 aliphatic carbocycles. The van der Waals surface area contributed by atoms with Gasteiger partial charge in [0.1, 0.15) is 17.7 Å². The van der Waals surface area contributed by atoms with Crippen LogP contribution < -0.4 is 5.32 Å². The lowest BCUT2D eigenvalue weighted by Crippen LogP contribution is -2.29. The molecular formula is C16H22FN7O. The SMILES string of the molecule is CN(Cc1nc([C@H]2C[C@H](F)CN2)n[nH]1)C(=O)c1c(C2CC2)cnn1C. The van der Waals surface area contributed by atoms with Crippen molar-refractivity contribution in [3.8, 4) is 0 Å². The van der Waals surface area contributed by atoms with Gasteiger partial charge in [0, 0.05) is 32.6 Å². The second-order valence-electron chi connectivity index (χ2n) is 6.94. The fourth-order valence-electron chi connectivity index (χ4n) is 3.31. The molecule has 8 nitrogen and oxygen atoms in total. The van der Waals surface area contributed by atoms with Crippen LogP contribution in [0.1, 0.15) is 58.9 Å². The second kappa shape index (κ2) is 6.21. The first-order valence-electron chi connectivity index (χ1n) is 8.59. The first-order chi connectivity index (χ1) is 12.0. The summed E-state index contributed by atoms with van der Waals surface area (Å²) >= 11 is 0. The molecule has 2 aromatic heterocycles. The van der Waals surface area contributed by atoms with E-state index in [-0.39, 0.29) is 11.9 Å². The van der Waals surface area contributed by atoms with E-state index in [0.717, 1.165) is 18.4 Å². The van der Waals surface area contributed by atoms with Gasteiger partial charge in [-0.2, -0.15) is 10.2 Å². The molecule has 2 aliphatic rings. The molecule has 2 aromatic rings. The number of carbonyl (C=O) groups excluding carboxylic acids is 1. The van der Waals surface area contributed by atoms with E-state index in [4.69, 9.17) is 0 Å². The minimum atomic E-state index is -0.859. The number of halogens is 1. The number of aryl methyl sites for hydroxylation is 1. The van der Waals surface area contributed by atoms with E-state index in [1.165, 1.54) is 0 Å². The summed E-state index contributed by atoms with van der Waals surface area (Å²) in [7, 11) is 3.53. The van der Waals surface area contributed by atoms with Crippen molar-refractivity contribution >= 4 is 5.91 Å². The van der Waals surface area contributed by atoms with Gasteiger partial charge < -0.3 is 10.2 Å². The Morgan fingerprint density at radius 1 is 1.48 bits per heavy atom.